The minimum atomic E-state index is -0.0907. The van der Waals surface area contributed by atoms with Crippen molar-refractivity contribution < 1.29 is 9.53 Å². The number of carbonyl (C=O) groups is 1. The molecule has 0 saturated carbocycles. The number of H-pyrrole nitrogens is 1. The minimum Gasteiger partial charge on any atom is -0.378 e. The van der Waals surface area contributed by atoms with Crippen LogP contribution in [-0.2, 0) is 9.53 Å². The molecule has 1 saturated heterocycles. The molecule has 0 aliphatic carbocycles. The van der Waals surface area contributed by atoms with E-state index in [2.05, 4.69) is 26.5 Å². The van der Waals surface area contributed by atoms with Gasteiger partial charge in [0.1, 0.15) is 0 Å². The Kier molecular flexibility index (Phi) is 5.20. The van der Waals surface area contributed by atoms with Crippen LogP contribution in [0.25, 0.3) is 42.9 Å². The van der Waals surface area contributed by atoms with Crippen LogP contribution in [0.4, 0.5) is 11.5 Å². The number of carbonyl (C=O) groups excluding carboxylic acids is 1. The molecule has 0 spiro atoms. The van der Waals surface area contributed by atoms with Crippen LogP contribution in [0.1, 0.15) is 6.92 Å². The van der Waals surface area contributed by atoms with E-state index < -0.39 is 0 Å². The lowest BCUT2D eigenvalue weighted by atomic mass is 10.1. The number of thiophene rings is 1. The molecule has 2 aromatic carbocycles. The Bertz CT molecular complexity index is 1520. The molecule has 9 heteroatoms. The number of benzene rings is 2. The van der Waals surface area contributed by atoms with Crippen molar-refractivity contribution >= 4 is 49.9 Å². The van der Waals surface area contributed by atoms with E-state index in [0.717, 1.165) is 61.7 Å². The van der Waals surface area contributed by atoms with E-state index in [1.165, 1.54) is 6.92 Å². The van der Waals surface area contributed by atoms with Gasteiger partial charge in [-0.15, -0.1) is 11.3 Å². The zero-order valence-corrected chi connectivity index (χ0v) is 19.4. The van der Waals surface area contributed by atoms with Gasteiger partial charge in [-0.05, 0) is 29.8 Å². The number of amides is 1. The first-order valence-electron chi connectivity index (χ1n) is 11.1. The van der Waals surface area contributed by atoms with E-state index in [0.29, 0.717) is 19.0 Å². The van der Waals surface area contributed by atoms with Gasteiger partial charge in [-0.1, -0.05) is 24.3 Å². The number of rotatable bonds is 4. The fraction of sp³-hybridized carbons (Fsp3) is 0.200. The molecule has 0 unspecified atom stereocenters. The van der Waals surface area contributed by atoms with Gasteiger partial charge >= 0.3 is 0 Å². The lowest BCUT2D eigenvalue weighted by molar-refractivity contribution is -0.114. The number of aromatic nitrogens is 4. The van der Waals surface area contributed by atoms with Crippen LogP contribution >= 0.6 is 11.3 Å². The van der Waals surface area contributed by atoms with Gasteiger partial charge < -0.3 is 15.0 Å². The van der Waals surface area contributed by atoms with Crippen molar-refractivity contribution in [1.82, 2.24) is 20.2 Å². The zero-order valence-electron chi connectivity index (χ0n) is 18.5. The second-order valence-corrected chi connectivity index (χ2v) is 9.25. The molecule has 8 nitrogen and oxygen atoms in total. The number of morpholine rings is 1. The van der Waals surface area contributed by atoms with Crippen LogP contribution in [0, 0.1) is 0 Å². The predicted molar refractivity (Wildman–Crippen MR) is 135 cm³/mol. The number of aromatic amines is 1. The van der Waals surface area contributed by atoms with E-state index in [-0.39, 0.29) is 5.91 Å². The molecular formula is C25H22N6O2S. The monoisotopic (exact) mass is 470 g/mol. The van der Waals surface area contributed by atoms with Gasteiger partial charge in [0.25, 0.3) is 0 Å². The van der Waals surface area contributed by atoms with E-state index in [9.17, 15) is 4.79 Å². The highest BCUT2D eigenvalue weighted by atomic mass is 32.1. The number of hydrogen-bond acceptors (Lipinski definition) is 7. The van der Waals surface area contributed by atoms with Crippen molar-refractivity contribution in [2.24, 2.45) is 0 Å². The van der Waals surface area contributed by atoms with Crippen LogP contribution in [0.15, 0.2) is 54.7 Å². The van der Waals surface area contributed by atoms with Gasteiger partial charge in [0.2, 0.25) is 5.91 Å². The summed E-state index contributed by atoms with van der Waals surface area (Å²) in [5.41, 5.74) is 4.60. The number of hydrogen-bond donors (Lipinski definition) is 2. The summed E-state index contributed by atoms with van der Waals surface area (Å²) >= 11 is 1.67. The predicted octanol–water partition coefficient (Wildman–Crippen LogP) is 4.70. The first-order valence-corrected chi connectivity index (χ1v) is 11.9. The molecule has 1 aliphatic rings. The number of nitrogens with one attached hydrogen (secondary N) is 2. The lowest BCUT2D eigenvalue weighted by Crippen LogP contribution is -2.36. The Labute approximate surface area is 199 Å². The number of fused-ring (bicyclic) bond motifs is 2. The van der Waals surface area contributed by atoms with Gasteiger partial charge in [-0.25, -0.2) is 9.97 Å². The van der Waals surface area contributed by atoms with Crippen LogP contribution in [-0.4, -0.2) is 52.4 Å². The van der Waals surface area contributed by atoms with Gasteiger partial charge in [-0.2, -0.15) is 5.10 Å². The summed E-state index contributed by atoms with van der Waals surface area (Å²) in [4.78, 5) is 24.9. The van der Waals surface area contributed by atoms with Crippen LogP contribution in [0.3, 0.4) is 0 Å². The summed E-state index contributed by atoms with van der Waals surface area (Å²) in [6.07, 6.45) is 1.82. The second kappa shape index (κ2) is 8.51. The maximum absolute atomic E-state index is 11.5. The molecule has 4 heterocycles. The molecular weight excluding hydrogens is 448 g/mol. The third-order valence-electron chi connectivity index (χ3n) is 5.86. The quantitative estimate of drug-likeness (QED) is 0.395. The number of ether oxygens (including phenoxy) is 1. The van der Waals surface area contributed by atoms with Crippen molar-refractivity contribution in [3.63, 3.8) is 0 Å². The van der Waals surface area contributed by atoms with Crippen molar-refractivity contribution in [3.05, 3.63) is 54.7 Å². The van der Waals surface area contributed by atoms with Crippen LogP contribution < -0.4 is 10.2 Å². The lowest BCUT2D eigenvalue weighted by Gasteiger charge is -2.28. The summed E-state index contributed by atoms with van der Waals surface area (Å²) in [5, 5.41) is 11.1. The molecule has 0 atom stereocenters. The van der Waals surface area contributed by atoms with Gasteiger partial charge in [0.05, 0.1) is 35.1 Å². The van der Waals surface area contributed by atoms with Gasteiger partial charge in [0, 0.05) is 41.5 Å². The van der Waals surface area contributed by atoms with Crippen molar-refractivity contribution in [2.75, 3.05) is 36.5 Å². The Hall–Kier alpha value is -3.82. The van der Waals surface area contributed by atoms with Crippen molar-refractivity contribution in [3.8, 4) is 21.8 Å². The normalized spacial score (nSPS) is 14.1. The fourth-order valence-corrected chi connectivity index (χ4v) is 5.39. The molecule has 1 fully saturated rings. The summed E-state index contributed by atoms with van der Waals surface area (Å²) in [6.45, 7) is 4.43. The molecule has 3 aromatic heterocycles. The largest absolute Gasteiger partial charge is 0.378 e. The topological polar surface area (TPSA) is 96.0 Å². The Morgan fingerprint density at radius 2 is 1.97 bits per heavy atom. The number of nitrogens with zero attached hydrogens (tertiary/aromatic N) is 4. The summed E-state index contributed by atoms with van der Waals surface area (Å²) in [5.74, 6) is 1.52. The smallest absolute Gasteiger partial charge is 0.221 e. The third kappa shape index (κ3) is 3.78. The zero-order chi connectivity index (χ0) is 23.1. The minimum absolute atomic E-state index is 0.0907. The molecule has 5 aromatic rings. The summed E-state index contributed by atoms with van der Waals surface area (Å²) < 4.78 is 6.63. The molecule has 170 valence electrons. The third-order valence-corrected chi connectivity index (χ3v) is 7.03. The van der Waals surface area contributed by atoms with Crippen molar-refractivity contribution in [2.45, 2.75) is 6.92 Å². The fourth-order valence-electron chi connectivity index (χ4n) is 4.28. The van der Waals surface area contributed by atoms with E-state index in [1.807, 2.05) is 48.7 Å². The summed E-state index contributed by atoms with van der Waals surface area (Å²) in [7, 11) is 0. The van der Waals surface area contributed by atoms with Gasteiger partial charge in [0.15, 0.2) is 11.6 Å². The molecule has 6 rings (SSSR count). The highest BCUT2D eigenvalue weighted by Gasteiger charge is 2.21. The molecule has 0 radical (unpaired) electrons. The number of anilines is 2. The molecule has 1 amide bonds. The van der Waals surface area contributed by atoms with Crippen LogP contribution in [0.2, 0.25) is 0 Å². The van der Waals surface area contributed by atoms with Gasteiger partial charge in [-0.3, -0.25) is 9.89 Å². The van der Waals surface area contributed by atoms with E-state index in [1.54, 1.807) is 11.3 Å². The first-order chi connectivity index (χ1) is 16.7. The summed E-state index contributed by atoms with van der Waals surface area (Å²) in [6, 6.07) is 16.0. The molecule has 1 aliphatic heterocycles. The highest BCUT2D eigenvalue weighted by Crippen LogP contribution is 2.40. The van der Waals surface area contributed by atoms with E-state index in [4.69, 9.17) is 14.7 Å². The second-order valence-electron chi connectivity index (χ2n) is 8.19. The Balaban J connectivity index is 1.52. The molecule has 0 bridgehead atoms. The SMILES string of the molecule is CC(=O)Nc1cccc(-c2cc3nc(-c4cccc5[nH]ncc45)nc(N4CCOCC4)c3s2)c1. The highest BCUT2D eigenvalue weighted by molar-refractivity contribution is 7.22. The van der Waals surface area contributed by atoms with Crippen molar-refractivity contribution in [1.29, 1.82) is 0 Å². The maximum atomic E-state index is 11.5. The average Bonchev–Trinajstić information content (AvgIpc) is 3.51. The first kappa shape index (κ1) is 20.8. The average molecular weight is 471 g/mol. The van der Waals surface area contributed by atoms with Crippen LogP contribution in [0.5, 0.6) is 0 Å². The van der Waals surface area contributed by atoms with E-state index >= 15 is 0 Å². The molecule has 2 N–H and O–H groups in total. The maximum Gasteiger partial charge on any atom is 0.221 e. The Morgan fingerprint density at radius 1 is 1.12 bits per heavy atom. The standard InChI is InChI=1S/C25H22N6O2S/c1-15(32)27-17-5-2-4-16(12-17)22-13-21-23(34-22)25(31-8-10-33-11-9-31)29-24(28-21)18-6-3-7-20-19(18)14-26-30-20/h2-7,12-14H,8-11H2,1H3,(H,26,30)(H,27,32). The molecule has 34 heavy (non-hydrogen) atoms. The Morgan fingerprint density at radius 3 is 2.82 bits per heavy atom.